The van der Waals surface area contributed by atoms with Crippen molar-refractivity contribution in [2.45, 2.75) is 227 Å². The van der Waals surface area contributed by atoms with Crippen molar-refractivity contribution in [1.29, 1.82) is 0 Å². The zero-order valence-corrected chi connectivity index (χ0v) is 56.8. The molecule has 7 fully saturated rings. The Kier molecular flexibility index (Phi) is 24.5. The molecule has 4 saturated heterocycles. The number of aliphatic hydroxyl groups is 5. The number of nitrogens with one attached hydrogen (secondary N) is 2. The monoisotopic (exact) mass is 1410 g/mol. The van der Waals surface area contributed by atoms with Gasteiger partial charge in [0, 0.05) is 68.3 Å². The van der Waals surface area contributed by atoms with Gasteiger partial charge in [-0.2, -0.15) is 5.48 Å². The first kappa shape index (κ1) is 70.7. The Labute approximate surface area is 547 Å². The zero-order valence-electron chi connectivity index (χ0n) is 52.2. The summed E-state index contributed by atoms with van der Waals surface area (Å²) in [6.07, 6.45) is -6.68. The Hall–Kier alpha value is -2.63. The van der Waals surface area contributed by atoms with Crippen molar-refractivity contribution < 1.29 is 96.9 Å². The summed E-state index contributed by atoms with van der Waals surface area (Å²) in [7, 11) is 9.26. The first-order valence-electron chi connectivity index (χ1n) is 30.6. The Morgan fingerprint density at radius 3 is 2.28 bits per heavy atom. The fourth-order valence-electron chi connectivity index (χ4n) is 13.8. The number of allylic oxidation sites excluding steroid dienone is 2. The van der Waals surface area contributed by atoms with Gasteiger partial charge in [-0.25, -0.2) is 0 Å². The predicted molar refractivity (Wildman–Crippen MR) is 340 cm³/mol. The molecule has 494 valence electrons. The summed E-state index contributed by atoms with van der Waals surface area (Å²) >= 11 is 2.86. The lowest BCUT2D eigenvalue weighted by Gasteiger charge is -2.60. The number of benzene rings is 1. The molecule has 4 heterocycles. The second kappa shape index (κ2) is 30.8. The Bertz CT molecular complexity index is 2880. The fourth-order valence-corrected chi connectivity index (χ4v) is 18.2. The number of Topliss-reactive ketones (excluding diaryl/α,β-unsaturated/α-hetero) is 2. The summed E-state index contributed by atoms with van der Waals surface area (Å²) in [5.74, 6) is 11.4. The van der Waals surface area contributed by atoms with Crippen LogP contribution in [0.5, 0.6) is 17.2 Å². The Morgan fingerprint density at radius 2 is 1.61 bits per heavy atom. The average molecular weight is 1420 g/mol. The van der Waals surface area contributed by atoms with E-state index in [1.54, 1.807) is 58.6 Å². The van der Waals surface area contributed by atoms with Crippen molar-refractivity contribution in [1.82, 2.24) is 10.8 Å². The smallest absolute Gasteiger partial charge is 0.229 e. The van der Waals surface area contributed by atoms with Crippen LogP contribution in [0.1, 0.15) is 115 Å². The maximum atomic E-state index is 14.5. The number of halogens is 1. The number of hydroxylamine groups is 1. The summed E-state index contributed by atoms with van der Waals surface area (Å²) in [5, 5.41) is 61.8. The minimum absolute atomic E-state index is 0.0417. The van der Waals surface area contributed by atoms with Crippen LogP contribution in [0.25, 0.3) is 0 Å². The van der Waals surface area contributed by atoms with Gasteiger partial charge in [0.25, 0.3) is 0 Å². The highest BCUT2D eigenvalue weighted by atomic mass is 127. The number of carbonyl (C=O) groups excluding carboxylic acids is 3. The first-order chi connectivity index (χ1) is 42.5. The lowest BCUT2D eigenvalue weighted by molar-refractivity contribution is -0.342. The van der Waals surface area contributed by atoms with E-state index in [0.717, 1.165) is 24.6 Å². The van der Waals surface area contributed by atoms with Crippen LogP contribution in [-0.2, 0) is 52.3 Å². The molecule has 4 aliphatic carbocycles. The molecule has 22 atom stereocenters. The Morgan fingerprint density at radius 1 is 0.876 bits per heavy atom. The van der Waals surface area contributed by atoms with E-state index in [9.17, 15) is 39.9 Å². The standard InChI is InChI=1S/C63H87IN2O20S3/c1-12-65-39-29-79-44(27-43(39)75-8)84-56-51(71)49(66-86-45-26-40(68)58(35(7)80-45)88-59(73)46-32(4)48(64)54(57(78-11)53(46)76-9)85-60-52(72)55(77-10)50(70)34(6)82-60)33(5)81-61(56)83-42-20-16-17-30(2)21-23-62-38(25-31(3)67)41(69)28-63(62,74)37(47(42)62)22-24-87-89-36-18-14-13-15-19-36/h17,22,33-36,38-40,42-45,47,49-52,55-56,58,60-61,65-66,68,70-72,74H,12-15,18-19,24-29H2,1-11H3/b30-17-,37-22+/t33-,34+,35-,38?,39+,40+,42+,43+,44+,45+,47?,49-,50+,51+,52-,55-,56-,58-,60+,61+,62?,63+/m1/s1. The van der Waals surface area contributed by atoms with E-state index >= 15 is 0 Å². The van der Waals surface area contributed by atoms with Gasteiger partial charge in [-0.3, -0.25) is 14.4 Å². The molecular formula is C63H87IN2O20S3. The highest BCUT2D eigenvalue weighted by Crippen LogP contribution is 2.70. The van der Waals surface area contributed by atoms with Gasteiger partial charge in [0.05, 0.1) is 83.2 Å². The number of methoxy groups -OCH3 is 4. The highest BCUT2D eigenvalue weighted by Gasteiger charge is 2.78. The van der Waals surface area contributed by atoms with Crippen LogP contribution >= 0.6 is 55.9 Å². The summed E-state index contributed by atoms with van der Waals surface area (Å²) in [6, 6.07) is -1.18. The molecule has 3 unspecified atom stereocenters. The number of rotatable bonds is 23. The van der Waals surface area contributed by atoms with Gasteiger partial charge in [-0.05, 0) is 101 Å². The van der Waals surface area contributed by atoms with Crippen LogP contribution in [0.15, 0.2) is 23.3 Å². The molecule has 8 aliphatic rings. The molecule has 1 aromatic rings. The number of aliphatic hydroxyl groups excluding tert-OH is 4. The van der Waals surface area contributed by atoms with Crippen LogP contribution in [0.4, 0.5) is 0 Å². The van der Waals surface area contributed by atoms with Gasteiger partial charge in [0.15, 0.2) is 30.4 Å². The molecular weight excluding hydrogens is 1330 g/mol. The van der Waals surface area contributed by atoms with Gasteiger partial charge >= 0.3 is 0 Å². The van der Waals surface area contributed by atoms with E-state index in [4.69, 9.17) is 56.9 Å². The maximum Gasteiger partial charge on any atom is 0.229 e. The molecule has 22 nitrogen and oxygen atoms in total. The van der Waals surface area contributed by atoms with E-state index in [0.29, 0.717) is 37.8 Å². The molecule has 4 aliphatic heterocycles. The topological polar surface area (TPSA) is 287 Å². The molecule has 7 N–H and O–H groups in total. The molecule has 89 heavy (non-hydrogen) atoms. The molecule has 26 heteroatoms. The second-order valence-corrected chi connectivity index (χ2v) is 29.1. The SMILES string of the molecule is CCN[C@H]1CO[C@@H](O[C@H]2[C@H](O[C@H]3C#C/C=C(/C)C#CC45C(CC(C)=O)C(=O)C[C@]4(O)/C(=C/CSSC4CCCCC4)C35)O[C@H](C)[C@@H](NO[C@H]3C[C@H](O)[C@H](SC(=O)c4c(C)c(I)c(O[C@@H]5O[C@@H](C)[C@H](O)[C@@H](OC)[C@H]5O)c(OC)c4OC)[C@@H](C)O3)[C@@H]2O)C[C@@H]1OC. The van der Waals surface area contributed by atoms with Crippen molar-refractivity contribution in [3.05, 3.63) is 38.0 Å². The van der Waals surface area contributed by atoms with E-state index in [2.05, 4.69) is 34.5 Å². The molecule has 1 spiro atoms. The van der Waals surface area contributed by atoms with Gasteiger partial charge in [0.1, 0.15) is 53.8 Å². The van der Waals surface area contributed by atoms with Crippen LogP contribution < -0.4 is 25.0 Å². The molecule has 0 amide bonds. The molecule has 1 aromatic carbocycles. The predicted octanol–water partition coefficient (Wildman–Crippen LogP) is 5.24. The summed E-state index contributed by atoms with van der Waals surface area (Å²) in [5.41, 5.74) is 1.52. The number of hydrogen-bond donors (Lipinski definition) is 7. The van der Waals surface area contributed by atoms with Crippen LogP contribution in [-0.4, -0.2) is 210 Å². The van der Waals surface area contributed by atoms with Crippen LogP contribution in [0, 0.1) is 51.4 Å². The Balaban J connectivity index is 0.939. The number of hydrogen-bond acceptors (Lipinski definition) is 25. The lowest BCUT2D eigenvalue weighted by atomic mass is 9.44. The van der Waals surface area contributed by atoms with Crippen molar-refractivity contribution >= 4 is 72.6 Å². The maximum absolute atomic E-state index is 14.5. The quantitative estimate of drug-likeness (QED) is 0.0184. The molecule has 0 radical (unpaired) electrons. The van der Waals surface area contributed by atoms with E-state index < -0.39 is 125 Å². The number of likely N-dealkylation sites (N-methyl/N-ethyl adjacent to an activating group) is 1. The summed E-state index contributed by atoms with van der Waals surface area (Å²) < 4.78 is 68.6. The average Bonchev–Trinajstić information content (AvgIpc) is 1.57. The minimum Gasteiger partial charge on any atom is -0.492 e. The van der Waals surface area contributed by atoms with Crippen molar-refractivity contribution in [3.8, 4) is 40.9 Å². The zero-order chi connectivity index (χ0) is 64.2. The lowest BCUT2D eigenvalue weighted by Crippen LogP contribution is -2.69. The van der Waals surface area contributed by atoms with Gasteiger partial charge < -0.3 is 87.7 Å². The van der Waals surface area contributed by atoms with Gasteiger partial charge in [-0.15, -0.1) is 0 Å². The third-order valence-electron chi connectivity index (χ3n) is 18.4. The number of carbonyl (C=O) groups is 3. The fraction of sp³-hybridized carbons (Fsp3) is 0.730. The number of ether oxygens (including phenoxy) is 11. The molecule has 3 saturated carbocycles. The van der Waals surface area contributed by atoms with Crippen LogP contribution in [0.3, 0.4) is 0 Å². The largest absolute Gasteiger partial charge is 0.492 e. The number of thioether (sulfide) groups is 1. The number of ketones is 2. The minimum atomic E-state index is -1.72. The second-order valence-electron chi connectivity index (χ2n) is 24.2. The summed E-state index contributed by atoms with van der Waals surface area (Å²) in [6.45, 7) is 12.9. The molecule has 9 rings (SSSR count). The first-order valence-corrected chi connectivity index (χ1v) is 35.0. The van der Waals surface area contributed by atoms with Crippen molar-refractivity contribution in [2.24, 2.45) is 17.3 Å². The van der Waals surface area contributed by atoms with Gasteiger partial charge in [0.2, 0.25) is 17.2 Å². The van der Waals surface area contributed by atoms with Crippen molar-refractivity contribution in [3.63, 3.8) is 0 Å². The summed E-state index contributed by atoms with van der Waals surface area (Å²) in [4.78, 5) is 48.0. The normalized spacial score (nSPS) is 39.9. The van der Waals surface area contributed by atoms with E-state index in [1.165, 1.54) is 47.5 Å². The molecule has 0 aromatic heterocycles. The highest BCUT2D eigenvalue weighted by molar-refractivity contribution is 14.1. The third kappa shape index (κ3) is 14.6. The van der Waals surface area contributed by atoms with Crippen molar-refractivity contribution in [2.75, 3.05) is 47.3 Å². The van der Waals surface area contributed by atoms with Crippen LogP contribution in [0.2, 0.25) is 0 Å². The third-order valence-corrected chi connectivity index (χ3v) is 23.9. The van der Waals surface area contributed by atoms with E-state index in [-0.39, 0.29) is 78.8 Å². The molecule has 0 bridgehead atoms. The van der Waals surface area contributed by atoms with Gasteiger partial charge in [-0.1, -0.05) is 89.3 Å². The van der Waals surface area contributed by atoms with E-state index in [1.807, 2.05) is 46.4 Å².